The Morgan fingerprint density at radius 2 is 1.43 bits per heavy atom. The number of unbranched alkanes of at least 4 members (excludes halogenated alkanes) is 1. The highest BCUT2D eigenvalue weighted by Gasteiger charge is 2.27. The van der Waals surface area contributed by atoms with Gasteiger partial charge in [0.25, 0.3) is 0 Å². The third kappa shape index (κ3) is 5.86. The topological polar surface area (TPSA) is 99.1 Å². The normalized spacial score (nSPS) is 13.3. The molecule has 3 aromatic carbocycles. The van der Waals surface area contributed by atoms with Gasteiger partial charge in [-0.1, -0.05) is 25.6 Å². The van der Waals surface area contributed by atoms with Gasteiger partial charge < -0.3 is 19.3 Å². The van der Waals surface area contributed by atoms with Crippen LogP contribution in [0.4, 0.5) is 4.39 Å². The second-order valence-electron chi connectivity index (χ2n) is 8.59. The van der Waals surface area contributed by atoms with E-state index in [0.717, 1.165) is 22.3 Å². The molecule has 0 spiro atoms. The van der Waals surface area contributed by atoms with Crippen LogP contribution in [0.15, 0.2) is 73.1 Å². The first-order valence-electron chi connectivity index (χ1n) is 11.7. The van der Waals surface area contributed by atoms with Gasteiger partial charge in [0.1, 0.15) is 11.5 Å². The molecule has 1 unspecified atom stereocenters. The molecule has 0 aliphatic heterocycles. The summed E-state index contributed by atoms with van der Waals surface area (Å²) in [5, 5.41) is 9.01. The third-order valence-electron chi connectivity index (χ3n) is 6.11. The maximum atomic E-state index is 12.6. The fraction of sp³-hybridized carbons (Fsp3) is 0.207. The van der Waals surface area contributed by atoms with Crippen molar-refractivity contribution in [2.24, 2.45) is 0 Å². The fourth-order valence-corrected chi connectivity index (χ4v) is 4.16. The Balaban J connectivity index is 1.36. The average molecular weight is 505 g/mol. The van der Waals surface area contributed by atoms with Crippen LogP contribution in [0.5, 0.6) is 11.5 Å². The highest BCUT2D eigenvalue weighted by molar-refractivity contribution is 5.93. The number of benzene rings is 3. The number of carboxylic acids is 1. The van der Waals surface area contributed by atoms with Crippen molar-refractivity contribution in [1.82, 2.24) is 0 Å². The lowest BCUT2D eigenvalue weighted by molar-refractivity contribution is -0.140. The molecule has 0 bridgehead atoms. The number of halogens is 1. The molecule has 7 nitrogen and oxygen atoms in total. The zero-order valence-corrected chi connectivity index (χ0v) is 20.2. The molecule has 1 aliphatic carbocycles. The van der Waals surface area contributed by atoms with Gasteiger partial charge in [0.2, 0.25) is 5.83 Å². The molecule has 37 heavy (non-hydrogen) atoms. The maximum Gasteiger partial charge on any atom is 0.366 e. The van der Waals surface area contributed by atoms with Gasteiger partial charge in [-0.15, -0.1) is 0 Å². The van der Waals surface area contributed by atoms with E-state index in [0.29, 0.717) is 30.9 Å². The Bertz CT molecular complexity index is 1360. The lowest BCUT2D eigenvalue weighted by Crippen LogP contribution is -2.09. The molecule has 0 aromatic heterocycles. The summed E-state index contributed by atoms with van der Waals surface area (Å²) in [6.45, 7) is 5.48. The van der Waals surface area contributed by atoms with E-state index in [4.69, 9.17) is 19.3 Å². The zero-order chi connectivity index (χ0) is 26.5. The zero-order valence-electron chi connectivity index (χ0n) is 20.2. The van der Waals surface area contributed by atoms with Gasteiger partial charge in [-0.25, -0.2) is 14.4 Å². The number of aromatic carboxylic acids is 1. The van der Waals surface area contributed by atoms with Crippen molar-refractivity contribution in [3.63, 3.8) is 0 Å². The first-order valence-corrected chi connectivity index (χ1v) is 11.7. The summed E-state index contributed by atoms with van der Waals surface area (Å²) >= 11 is 0. The molecule has 0 heterocycles. The van der Waals surface area contributed by atoms with E-state index in [9.17, 15) is 18.8 Å². The summed E-state index contributed by atoms with van der Waals surface area (Å²) in [5.41, 5.74) is 4.60. The van der Waals surface area contributed by atoms with Crippen LogP contribution in [0.25, 0.3) is 11.1 Å². The molecule has 0 saturated heterocycles. The van der Waals surface area contributed by atoms with Crippen LogP contribution in [-0.2, 0) is 9.53 Å². The van der Waals surface area contributed by atoms with Gasteiger partial charge in [0, 0.05) is 5.92 Å². The number of rotatable bonds is 10. The number of hydrogen-bond donors (Lipinski definition) is 1. The largest absolute Gasteiger partial charge is 0.494 e. The monoisotopic (exact) mass is 504 g/mol. The summed E-state index contributed by atoms with van der Waals surface area (Å²) in [6.07, 6.45) is 1.17. The smallest absolute Gasteiger partial charge is 0.366 e. The number of carboxylic acid groups (broad SMARTS) is 1. The fourth-order valence-electron chi connectivity index (χ4n) is 4.16. The molecule has 0 fully saturated rings. The van der Waals surface area contributed by atoms with Crippen LogP contribution in [0.3, 0.4) is 0 Å². The van der Waals surface area contributed by atoms with E-state index in [1.165, 1.54) is 24.3 Å². The molecule has 3 aromatic rings. The van der Waals surface area contributed by atoms with E-state index in [1.54, 1.807) is 6.07 Å². The summed E-state index contributed by atoms with van der Waals surface area (Å²) < 4.78 is 28.7. The van der Waals surface area contributed by atoms with E-state index in [2.05, 4.69) is 13.5 Å². The van der Waals surface area contributed by atoms with Crippen molar-refractivity contribution in [2.75, 3.05) is 13.2 Å². The molecule has 8 heteroatoms. The standard InChI is InChI=1S/C29H25FO7/c1-17-25-15-21(35-13-3-4-14-36-28(33)18(2)30)9-11-23(25)24-12-10-22(16-26(17)24)37-29(34)20-7-5-19(6-8-20)27(31)32/h5-12,15-17H,2-4,13-14H2,1H3,(H,31,32). The van der Waals surface area contributed by atoms with Crippen molar-refractivity contribution in [2.45, 2.75) is 25.7 Å². The van der Waals surface area contributed by atoms with Crippen molar-refractivity contribution < 1.29 is 38.1 Å². The molecule has 4 rings (SSSR count). The molecule has 0 saturated carbocycles. The predicted octanol–water partition coefficient (Wildman–Crippen LogP) is 5.92. The van der Waals surface area contributed by atoms with Crippen molar-refractivity contribution in [1.29, 1.82) is 0 Å². The van der Waals surface area contributed by atoms with Crippen LogP contribution in [0.1, 0.15) is 57.5 Å². The van der Waals surface area contributed by atoms with Crippen LogP contribution in [0, 0.1) is 0 Å². The quantitative estimate of drug-likeness (QED) is 0.158. The lowest BCUT2D eigenvalue weighted by atomic mass is 9.99. The molecule has 0 amide bonds. The van der Waals surface area contributed by atoms with Crippen LogP contribution in [0.2, 0.25) is 0 Å². The molecule has 1 N–H and O–H groups in total. The minimum atomic E-state index is -1.11. The Kier molecular flexibility index (Phi) is 7.67. The Morgan fingerprint density at radius 3 is 2.05 bits per heavy atom. The minimum absolute atomic E-state index is 0.0512. The van der Waals surface area contributed by atoms with Crippen molar-refractivity contribution in [3.8, 4) is 22.6 Å². The number of carbonyl (C=O) groups is 3. The van der Waals surface area contributed by atoms with Gasteiger partial charge in [-0.3, -0.25) is 0 Å². The minimum Gasteiger partial charge on any atom is -0.494 e. The van der Waals surface area contributed by atoms with Crippen LogP contribution >= 0.6 is 0 Å². The highest BCUT2D eigenvalue weighted by Crippen LogP contribution is 2.47. The number of hydrogen-bond acceptors (Lipinski definition) is 6. The molecule has 1 atom stereocenters. The van der Waals surface area contributed by atoms with E-state index >= 15 is 0 Å². The summed E-state index contributed by atoms with van der Waals surface area (Å²) in [4.78, 5) is 34.6. The van der Waals surface area contributed by atoms with Gasteiger partial charge in [0.05, 0.1) is 24.3 Å². The average Bonchev–Trinajstić information content (AvgIpc) is 3.16. The summed E-state index contributed by atoms with van der Waals surface area (Å²) in [6, 6.07) is 16.9. The predicted molar refractivity (Wildman–Crippen MR) is 134 cm³/mol. The van der Waals surface area contributed by atoms with Gasteiger partial charge in [-0.05, 0) is 83.6 Å². The molecule has 0 radical (unpaired) electrons. The Hall–Kier alpha value is -4.46. The number of fused-ring (bicyclic) bond motifs is 3. The van der Waals surface area contributed by atoms with Gasteiger partial charge in [-0.2, -0.15) is 4.39 Å². The molecule has 190 valence electrons. The third-order valence-corrected chi connectivity index (χ3v) is 6.11. The van der Waals surface area contributed by atoms with Gasteiger partial charge in [0.15, 0.2) is 0 Å². The summed E-state index contributed by atoms with van der Waals surface area (Å²) in [7, 11) is 0. The second kappa shape index (κ2) is 11.1. The lowest BCUT2D eigenvalue weighted by Gasteiger charge is -2.11. The SMILES string of the molecule is C=C(F)C(=O)OCCCCOc1ccc2c(c1)C(C)c1cc(OC(=O)c3ccc(C(=O)O)cc3)ccc1-2. The van der Waals surface area contributed by atoms with E-state index in [1.807, 2.05) is 30.3 Å². The van der Waals surface area contributed by atoms with Crippen LogP contribution < -0.4 is 9.47 Å². The Morgan fingerprint density at radius 1 is 0.865 bits per heavy atom. The van der Waals surface area contributed by atoms with Crippen molar-refractivity contribution in [3.05, 3.63) is 95.3 Å². The van der Waals surface area contributed by atoms with E-state index < -0.39 is 23.7 Å². The summed E-state index contributed by atoms with van der Waals surface area (Å²) in [5.74, 6) is -2.62. The first kappa shape index (κ1) is 25.6. The van der Waals surface area contributed by atoms with Gasteiger partial charge >= 0.3 is 17.9 Å². The number of esters is 2. The maximum absolute atomic E-state index is 12.6. The molecular weight excluding hydrogens is 479 g/mol. The first-order chi connectivity index (χ1) is 17.7. The number of ether oxygens (including phenoxy) is 3. The van der Waals surface area contributed by atoms with E-state index in [-0.39, 0.29) is 23.7 Å². The number of carbonyl (C=O) groups excluding carboxylic acids is 2. The highest BCUT2D eigenvalue weighted by atomic mass is 19.1. The Labute approximate surface area is 213 Å². The van der Waals surface area contributed by atoms with Crippen LogP contribution in [-0.4, -0.2) is 36.2 Å². The molecule has 1 aliphatic rings. The second-order valence-corrected chi connectivity index (χ2v) is 8.59. The van der Waals surface area contributed by atoms with Crippen molar-refractivity contribution >= 4 is 17.9 Å². The molecular formula is C29H25FO7.